The zero-order valence-electron chi connectivity index (χ0n) is 19.7. The molecule has 2 aromatic carbocycles. The van der Waals surface area contributed by atoms with E-state index in [-0.39, 0.29) is 18.1 Å². The van der Waals surface area contributed by atoms with E-state index < -0.39 is 0 Å². The van der Waals surface area contributed by atoms with Gasteiger partial charge in [-0.1, -0.05) is 62.8 Å². The number of aromatic nitrogens is 2. The molecule has 178 valence electrons. The second kappa shape index (κ2) is 11.6. The molecule has 4 nitrogen and oxygen atoms in total. The number of unbranched alkanes of at least 4 members (excludes halogenated alkanes) is 5. The van der Waals surface area contributed by atoms with Crippen LogP contribution in [-0.2, 0) is 30.5 Å². The Bertz CT molecular complexity index is 1150. The van der Waals surface area contributed by atoms with Gasteiger partial charge in [-0.3, -0.25) is 4.79 Å². The first-order chi connectivity index (χ1) is 16.5. The number of carbonyl (C=O) groups is 1. The van der Waals surface area contributed by atoms with Crippen molar-refractivity contribution in [2.24, 2.45) is 0 Å². The summed E-state index contributed by atoms with van der Waals surface area (Å²) < 4.78 is 13.8. The molecule has 34 heavy (non-hydrogen) atoms. The Balaban J connectivity index is 1.55. The number of anilines is 1. The van der Waals surface area contributed by atoms with Gasteiger partial charge in [0.05, 0.1) is 23.5 Å². The number of hydrogen-bond acceptors (Lipinski definition) is 3. The molecule has 0 saturated heterocycles. The van der Waals surface area contributed by atoms with Gasteiger partial charge < -0.3 is 5.32 Å². The number of nitrogens with zero attached hydrogens (tertiary/aromatic N) is 2. The first-order valence-corrected chi connectivity index (χ1v) is 12.6. The smallest absolute Gasteiger partial charge is 0.229 e. The number of amides is 1. The number of benzene rings is 2. The largest absolute Gasteiger partial charge is 0.309 e. The first kappa shape index (κ1) is 24.3. The van der Waals surface area contributed by atoms with Crippen LogP contribution in [0.3, 0.4) is 0 Å². The lowest BCUT2D eigenvalue weighted by Crippen LogP contribution is -2.20. The van der Waals surface area contributed by atoms with E-state index in [0.717, 1.165) is 53.0 Å². The van der Waals surface area contributed by atoms with Crippen molar-refractivity contribution < 1.29 is 9.18 Å². The average molecular weight is 480 g/mol. The lowest BCUT2D eigenvalue weighted by Gasteiger charge is -2.21. The van der Waals surface area contributed by atoms with Crippen LogP contribution in [0, 0.1) is 5.82 Å². The zero-order valence-corrected chi connectivity index (χ0v) is 20.4. The van der Waals surface area contributed by atoms with Crippen molar-refractivity contribution in [3.05, 3.63) is 75.8 Å². The third-order valence-electron chi connectivity index (χ3n) is 6.30. The van der Waals surface area contributed by atoms with Gasteiger partial charge in [-0.05, 0) is 67.1 Å². The predicted octanol–water partition coefficient (Wildman–Crippen LogP) is 7.12. The minimum absolute atomic E-state index is 0.126. The second-order valence-corrected chi connectivity index (χ2v) is 9.42. The molecule has 4 rings (SSSR count). The molecular weight excluding hydrogens is 449 g/mol. The van der Waals surface area contributed by atoms with Crippen LogP contribution in [0.1, 0.15) is 68.0 Å². The van der Waals surface area contributed by atoms with E-state index in [4.69, 9.17) is 21.6 Å². The van der Waals surface area contributed by atoms with Gasteiger partial charge in [0.25, 0.3) is 0 Å². The molecule has 0 radical (unpaired) electrons. The maximum atomic E-state index is 13.8. The van der Waals surface area contributed by atoms with E-state index in [2.05, 4.69) is 12.2 Å². The maximum absolute atomic E-state index is 13.8. The van der Waals surface area contributed by atoms with Gasteiger partial charge in [0.15, 0.2) is 5.82 Å². The predicted molar refractivity (Wildman–Crippen MR) is 136 cm³/mol. The van der Waals surface area contributed by atoms with E-state index in [0.29, 0.717) is 23.7 Å². The van der Waals surface area contributed by atoms with Crippen molar-refractivity contribution in [3.8, 4) is 11.3 Å². The van der Waals surface area contributed by atoms with Crippen LogP contribution in [0.15, 0.2) is 42.5 Å². The van der Waals surface area contributed by atoms with Crippen LogP contribution in [0.5, 0.6) is 0 Å². The van der Waals surface area contributed by atoms with Gasteiger partial charge in [0.1, 0.15) is 5.82 Å². The van der Waals surface area contributed by atoms with Gasteiger partial charge in [0.2, 0.25) is 5.91 Å². The van der Waals surface area contributed by atoms with Crippen LogP contribution in [0.2, 0.25) is 5.02 Å². The topological polar surface area (TPSA) is 54.9 Å². The Morgan fingerprint density at radius 3 is 2.56 bits per heavy atom. The fourth-order valence-electron chi connectivity index (χ4n) is 4.46. The van der Waals surface area contributed by atoms with Crippen LogP contribution >= 0.6 is 11.6 Å². The molecular formula is C28H31ClFN3O. The molecule has 1 aliphatic carbocycles. The number of halogens is 2. The minimum atomic E-state index is -0.228. The van der Waals surface area contributed by atoms with Crippen LogP contribution in [0.25, 0.3) is 11.3 Å². The molecule has 1 N–H and O–H groups in total. The zero-order chi connectivity index (χ0) is 23.9. The number of carbonyl (C=O) groups excluding carboxylic acids is 1. The van der Waals surface area contributed by atoms with Gasteiger partial charge in [0, 0.05) is 10.6 Å². The van der Waals surface area contributed by atoms with E-state index >= 15 is 0 Å². The molecule has 0 atom stereocenters. The summed E-state index contributed by atoms with van der Waals surface area (Å²) in [6.07, 6.45) is 9.43. The number of hydrogen-bond donors (Lipinski definition) is 1. The summed E-state index contributed by atoms with van der Waals surface area (Å²) >= 11 is 5.96. The van der Waals surface area contributed by atoms with E-state index in [9.17, 15) is 9.18 Å². The van der Waals surface area contributed by atoms with E-state index in [1.165, 1.54) is 31.7 Å². The lowest BCUT2D eigenvalue weighted by molar-refractivity contribution is -0.115. The summed E-state index contributed by atoms with van der Waals surface area (Å²) in [5, 5.41) is 3.66. The third kappa shape index (κ3) is 6.20. The molecule has 0 aliphatic heterocycles. The third-order valence-corrected chi connectivity index (χ3v) is 6.55. The Hall–Kier alpha value is -2.79. The number of aryl methyl sites for hydroxylation is 3. The van der Waals surface area contributed by atoms with Crippen LogP contribution < -0.4 is 5.32 Å². The highest BCUT2D eigenvalue weighted by molar-refractivity contribution is 6.30. The molecule has 1 amide bonds. The second-order valence-electron chi connectivity index (χ2n) is 8.98. The summed E-state index contributed by atoms with van der Waals surface area (Å²) in [7, 11) is 0. The van der Waals surface area contributed by atoms with Crippen LogP contribution in [0.4, 0.5) is 10.2 Å². The Labute approximate surface area is 206 Å². The van der Waals surface area contributed by atoms with Gasteiger partial charge >= 0.3 is 0 Å². The number of fused-ring (bicyclic) bond motifs is 3. The molecule has 6 heteroatoms. The molecule has 0 fully saturated rings. The monoisotopic (exact) mass is 479 g/mol. The molecule has 1 aliphatic rings. The Morgan fingerprint density at radius 1 is 1.00 bits per heavy atom. The van der Waals surface area contributed by atoms with Gasteiger partial charge in [-0.15, -0.1) is 0 Å². The molecule has 1 heterocycles. The lowest BCUT2D eigenvalue weighted by atomic mass is 9.91. The molecule has 3 aromatic rings. The summed E-state index contributed by atoms with van der Waals surface area (Å²) in [6.45, 7) is 2.21. The van der Waals surface area contributed by atoms with Crippen molar-refractivity contribution in [2.45, 2.75) is 71.1 Å². The number of rotatable bonds is 10. The SMILES string of the molecule is CCCCCCCCc1nc2c(nc1NC(=O)Cc1ccc(Cl)cc1)CCc1cc(F)ccc1-2. The molecule has 0 spiro atoms. The molecule has 0 saturated carbocycles. The highest BCUT2D eigenvalue weighted by atomic mass is 35.5. The summed E-state index contributed by atoms with van der Waals surface area (Å²) in [5.41, 5.74) is 5.27. The summed E-state index contributed by atoms with van der Waals surface area (Å²) in [5.74, 6) is 0.199. The van der Waals surface area contributed by atoms with Crippen molar-refractivity contribution in [1.29, 1.82) is 0 Å². The Morgan fingerprint density at radius 2 is 1.76 bits per heavy atom. The van der Waals surface area contributed by atoms with E-state index in [1.807, 2.05) is 12.1 Å². The Kier molecular flexibility index (Phi) is 8.28. The van der Waals surface area contributed by atoms with Crippen molar-refractivity contribution >= 4 is 23.3 Å². The summed E-state index contributed by atoms with van der Waals surface area (Å²) in [6, 6.07) is 12.1. The number of nitrogens with one attached hydrogen (secondary N) is 1. The summed E-state index contributed by atoms with van der Waals surface area (Å²) in [4.78, 5) is 22.6. The van der Waals surface area contributed by atoms with Crippen LogP contribution in [-0.4, -0.2) is 15.9 Å². The first-order valence-electron chi connectivity index (χ1n) is 12.3. The van der Waals surface area contributed by atoms with E-state index in [1.54, 1.807) is 24.3 Å². The average Bonchev–Trinajstić information content (AvgIpc) is 2.82. The van der Waals surface area contributed by atoms with Crippen molar-refractivity contribution in [2.75, 3.05) is 5.32 Å². The maximum Gasteiger partial charge on any atom is 0.229 e. The highest BCUT2D eigenvalue weighted by Gasteiger charge is 2.22. The molecule has 0 bridgehead atoms. The van der Waals surface area contributed by atoms with Gasteiger partial charge in [-0.2, -0.15) is 0 Å². The normalized spacial score (nSPS) is 12.2. The van der Waals surface area contributed by atoms with Crippen molar-refractivity contribution in [1.82, 2.24) is 9.97 Å². The van der Waals surface area contributed by atoms with Crippen molar-refractivity contribution in [3.63, 3.8) is 0 Å². The quantitative estimate of drug-likeness (QED) is 0.315. The standard InChI is InChI=1S/C28H31ClFN3O/c1-2-3-4-5-6-7-8-25-28(33-26(34)17-19-9-12-21(29)13-10-19)32-24-16-11-20-18-22(30)14-15-23(20)27(24)31-25/h9-10,12-15,18H,2-8,11,16-17H2,1H3,(H,32,33,34). The molecule has 1 aromatic heterocycles. The minimum Gasteiger partial charge on any atom is -0.309 e. The van der Waals surface area contributed by atoms with Gasteiger partial charge in [-0.25, -0.2) is 14.4 Å². The highest BCUT2D eigenvalue weighted by Crippen LogP contribution is 2.33. The fourth-order valence-corrected chi connectivity index (χ4v) is 4.59. The molecule has 0 unspecified atom stereocenters. The fraction of sp³-hybridized carbons (Fsp3) is 0.393.